The van der Waals surface area contributed by atoms with Crippen LogP contribution in [-0.2, 0) is 6.54 Å². The van der Waals surface area contributed by atoms with Gasteiger partial charge in [0, 0.05) is 25.3 Å². The van der Waals surface area contributed by atoms with Crippen molar-refractivity contribution >= 4 is 0 Å². The fourth-order valence-electron chi connectivity index (χ4n) is 2.87. The van der Waals surface area contributed by atoms with E-state index in [0.29, 0.717) is 6.04 Å². The molecule has 0 saturated carbocycles. The molecule has 2 heterocycles. The fourth-order valence-corrected chi connectivity index (χ4v) is 2.87. The van der Waals surface area contributed by atoms with Crippen LogP contribution >= 0.6 is 0 Å². The number of nitrogens with zero attached hydrogens (tertiary/aromatic N) is 3. The fraction of sp³-hybridized carbons (Fsp3) is 0.733. The van der Waals surface area contributed by atoms with E-state index >= 15 is 0 Å². The first kappa shape index (κ1) is 14.4. The number of likely N-dealkylation sites (tertiary alicyclic amines) is 1. The summed E-state index contributed by atoms with van der Waals surface area (Å²) >= 11 is 0. The molecule has 1 N–H and O–H groups in total. The highest BCUT2D eigenvalue weighted by Gasteiger charge is 2.23. The predicted molar refractivity (Wildman–Crippen MR) is 77.8 cm³/mol. The molecule has 1 saturated heterocycles. The quantitative estimate of drug-likeness (QED) is 0.852. The molecule has 19 heavy (non-hydrogen) atoms. The maximum absolute atomic E-state index is 4.26. The highest BCUT2D eigenvalue weighted by Crippen LogP contribution is 2.20. The summed E-state index contributed by atoms with van der Waals surface area (Å²) in [5, 5.41) is 3.61. The smallest absolute Gasteiger partial charge is 0.115 e. The van der Waals surface area contributed by atoms with Gasteiger partial charge in [-0.15, -0.1) is 0 Å². The summed E-state index contributed by atoms with van der Waals surface area (Å²) in [4.78, 5) is 10.8. The van der Waals surface area contributed by atoms with Crippen molar-refractivity contribution < 1.29 is 0 Å². The third kappa shape index (κ3) is 4.55. The Bertz CT molecular complexity index is 352. The van der Waals surface area contributed by atoms with Gasteiger partial charge in [0.15, 0.2) is 0 Å². The van der Waals surface area contributed by atoms with Gasteiger partial charge in [-0.05, 0) is 51.3 Å². The molecule has 2 unspecified atom stereocenters. The number of aromatic nitrogens is 2. The Morgan fingerprint density at radius 2 is 2.42 bits per heavy atom. The molecule has 4 heteroatoms. The molecule has 0 aromatic carbocycles. The van der Waals surface area contributed by atoms with Crippen molar-refractivity contribution in [2.24, 2.45) is 5.92 Å². The maximum atomic E-state index is 4.26. The summed E-state index contributed by atoms with van der Waals surface area (Å²) in [6.07, 6.45) is 7.36. The Balaban J connectivity index is 1.77. The minimum Gasteiger partial charge on any atom is -0.308 e. The summed E-state index contributed by atoms with van der Waals surface area (Å²) in [6, 6.07) is 2.53. The standard InChI is InChI=1S/C15H26N4/c1-3-8-19-9-4-5-14(11-19)13(2)17-10-15-6-7-16-12-18-15/h6-7,12-14,17H,3-5,8-11H2,1-2H3. The lowest BCUT2D eigenvalue weighted by molar-refractivity contribution is 0.150. The molecule has 0 amide bonds. The van der Waals surface area contributed by atoms with Crippen LogP contribution in [0.1, 0.15) is 38.8 Å². The largest absolute Gasteiger partial charge is 0.308 e. The van der Waals surface area contributed by atoms with Crippen LogP contribution in [0.5, 0.6) is 0 Å². The van der Waals surface area contributed by atoms with Crippen LogP contribution in [0, 0.1) is 5.92 Å². The number of piperidine rings is 1. The lowest BCUT2D eigenvalue weighted by Gasteiger charge is -2.36. The third-order valence-electron chi connectivity index (χ3n) is 4.04. The lowest BCUT2D eigenvalue weighted by Crippen LogP contribution is -2.44. The van der Waals surface area contributed by atoms with Crippen LogP contribution < -0.4 is 5.32 Å². The van der Waals surface area contributed by atoms with Crippen molar-refractivity contribution in [2.45, 2.75) is 45.7 Å². The van der Waals surface area contributed by atoms with Crippen molar-refractivity contribution in [1.29, 1.82) is 0 Å². The molecular weight excluding hydrogens is 236 g/mol. The van der Waals surface area contributed by atoms with Crippen LogP contribution in [0.25, 0.3) is 0 Å². The first-order chi connectivity index (χ1) is 9.29. The minimum atomic E-state index is 0.551. The van der Waals surface area contributed by atoms with Gasteiger partial charge in [0.1, 0.15) is 6.33 Å². The second-order valence-corrected chi connectivity index (χ2v) is 5.57. The summed E-state index contributed by atoms with van der Waals surface area (Å²) in [5.74, 6) is 0.766. The predicted octanol–water partition coefficient (Wildman–Crippen LogP) is 2.08. The number of hydrogen-bond donors (Lipinski definition) is 1. The molecule has 2 rings (SSSR count). The zero-order valence-corrected chi connectivity index (χ0v) is 12.2. The molecule has 4 nitrogen and oxygen atoms in total. The van der Waals surface area contributed by atoms with Gasteiger partial charge in [0.05, 0.1) is 5.69 Å². The number of nitrogens with one attached hydrogen (secondary N) is 1. The second-order valence-electron chi connectivity index (χ2n) is 5.57. The lowest BCUT2D eigenvalue weighted by atomic mass is 9.91. The monoisotopic (exact) mass is 262 g/mol. The molecule has 0 spiro atoms. The summed E-state index contributed by atoms with van der Waals surface area (Å²) in [7, 11) is 0. The summed E-state index contributed by atoms with van der Waals surface area (Å²) < 4.78 is 0. The van der Waals surface area contributed by atoms with E-state index in [9.17, 15) is 0 Å². The van der Waals surface area contributed by atoms with E-state index in [2.05, 4.69) is 34.0 Å². The first-order valence-corrected chi connectivity index (χ1v) is 7.50. The highest BCUT2D eigenvalue weighted by atomic mass is 15.1. The van der Waals surface area contributed by atoms with Crippen molar-refractivity contribution in [3.05, 3.63) is 24.3 Å². The van der Waals surface area contributed by atoms with E-state index in [1.165, 1.54) is 38.9 Å². The van der Waals surface area contributed by atoms with E-state index in [0.717, 1.165) is 18.2 Å². The highest BCUT2D eigenvalue weighted by molar-refractivity contribution is 4.97. The zero-order valence-electron chi connectivity index (χ0n) is 12.2. The van der Waals surface area contributed by atoms with Crippen molar-refractivity contribution in [2.75, 3.05) is 19.6 Å². The van der Waals surface area contributed by atoms with Crippen LogP contribution in [0.3, 0.4) is 0 Å². The average molecular weight is 262 g/mol. The van der Waals surface area contributed by atoms with Gasteiger partial charge in [0.25, 0.3) is 0 Å². The molecular formula is C15H26N4. The van der Waals surface area contributed by atoms with E-state index in [1.807, 2.05) is 6.07 Å². The van der Waals surface area contributed by atoms with Crippen molar-refractivity contribution in [3.8, 4) is 0 Å². The molecule has 2 atom stereocenters. The SMILES string of the molecule is CCCN1CCCC(C(C)NCc2ccncn2)C1. The topological polar surface area (TPSA) is 41.0 Å². The molecule has 1 fully saturated rings. The zero-order chi connectivity index (χ0) is 13.5. The summed E-state index contributed by atoms with van der Waals surface area (Å²) in [5.41, 5.74) is 1.07. The minimum absolute atomic E-state index is 0.551. The Labute approximate surface area is 116 Å². The maximum Gasteiger partial charge on any atom is 0.115 e. The van der Waals surface area contributed by atoms with Gasteiger partial charge in [-0.3, -0.25) is 0 Å². The van der Waals surface area contributed by atoms with Gasteiger partial charge in [-0.2, -0.15) is 0 Å². The van der Waals surface area contributed by atoms with E-state index in [-0.39, 0.29) is 0 Å². The van der Waals surface area contributed by atoms with Gasteiger partial charge < -0.3 is 10.2 Å². The van der Waals surface area contributed by atoms with Crippen LogP contribution in [0.2, 0.25) is 0 Å². The molecule has 106 valence electrons. The van der Waals surface area contributed by atoms with Gasteiger partial charge >= 0.3 is 0 Å². The molecule has 0 radical (unpaired) electrons. The van der Waals surface area contributed by atoms with Crippen LogP contribution in [-0.4, -0.2) is 40.5 Å². The van der Waals surface area contributed by atoms with Crippen molar-refractivity contribution in [3.63, 3.8) is 0 Å². The van der Waals surface area contributed by atoms with E-state index in [1.54, 1.807) is 12.5 Å². The summed E-state index contributed by atoms with van der Waals surface area (Å²) in [6.45, 7) is 9.18. The Kier molecular flexibility index (Phi) is 5.73. The molecule has 1 aromatic rings. The van der Waals surface area contributed by atoms with Gasteiger partial charge in [-0.25, -0.2) is 9.97 Å². The first-order valence-electron chi connectivity index (χ1n) is 7.50. The molecule has 1 aliphatic heterocycles. The Morgan fingerprint density at radius 3 is 3.16 bits per heavy atom. The molecule has 1 aromatic heterocycles. The molecule has 0 bridgehead atoms. The molecule has 0 aliphatic carbocycles. The Hall–Kier alpha value is -1.00. The van der Waals surface area contributed by atoms with Crippen LogP contribution in [0.4, 0.5) is 0 Å². The number of hydrogen-bond acceptors (Lipinski definition) is 4. The Morgan fingerprint density at radius 1 is 1.53 bits per heavy atom. The van der Waals surface area contributed by atoms with E-state index < -0.39 is 0 Å². The van der Waals surface area contributed by atoms with Gasteiger partial charge in [-0.1, -0.05) is 6.92 Å². The molecule has 1 aliphatic rings. The third-order valence-corrected chi connectivity index (χ3v) is 4.04. The van der Waals surface area contributed by atoms with Crippen molar-refractivity contribution in [1.82, 2.24) is 20.2 Å². The van der Waals surface area contributed by atoms with E-state index in [4.69, 9.17) is 0 Å². The van der Waals surface area contributed by atoms with Gasteiger partial charge in [0.2, 0.25) is 0 Å². The second kappa shape index (κ2) is 7.56. The van der Waals surface area contributed by atoms with Crippen LogP contribution in [0.15, 0.2) is 18.6 Å². The number of rotatable bonds is 6. The normalized spacial score (nSPS) is 22.3. The average Bonchev–Trinajstić information content (AvgIpc) is 2.46.